The van der Waals surface area contributed by atoms with Gasteiger partial charge < -0.3 is 5.11 Å². The summed E-state index contributed by atoms with van der Waals surface area (Å²) in [6, 6.07) is 0. The standard InChI is InChI=1S/C10H16BrNO2/c1-8(11)6-12-5-3-4-10(2,7-12)9(13)14/h1,3-7H2,2H3,(H,13,14). The molecule has 4 heteroatoms. The molecule has 0 saturated carbocycles. The number of hydrogen-bond acceptors (Lipinski definition) is 2. The van der Waals surface area contributed by atoms with Gasteiger partial charge in [0.15, 0.2) is 0 Å². The van der Waals surface area contributed by atoms with Crippen LogP contribution in [0.5, 0.6) is 0 Å². The van der Waals surface area contributed by atoms with Crippen molar-refractivity contribution in [2.75, 3.05) is 19.6 Å². The number of piperidine rings is 1. The molecule has 1 saturated heterocycles. The van der Waals surface area contributed by atoms with Gasteiger partial charge in [-0.15, -0.1) is 0 Å². The SMILES string of the molecule is C=C(Br)CN1CCCC(C)(C(=O)O)C1. The molecule has 80 valence electrons. The lowest BCUT2D eigenvalue weighted by Crippen LogP contribution is -2.46. The summed E-state index contributed by atoms with van der Waals surface area (Å²) < 4.78 is 0.909. The van der Waals surface area contributed by atoms with Gasteiger partial charge in [0.25, 0.3) is 0 Å². The van der Waals surface area contributed by atoms with E-state index in [-0.39, 0.29) is 0 Å². The molecule has 0 amide bonds. The third-order valence-electron chi connectivity index (χ3n) is 2.69. The van der Waals surface area contributed by atoms with E-state index in [0.717, 1.165) is 30.4 Å². The molecular weight excluding hydrogens is 246 g/mol. The molecule has 1 rings (SSSR count). The van der Waals surface area contributed by atoms with Gasteiger partial charge in [-0.3, -0.25) is 9.69 Å². The minimum Gasteiger partial charge on any atom is -0.481 e. The molecule has 0 aromatic carbocycles. The van der Waals surface area contributed by atoms with Crippen LogP contribution in [0.1, 0.15) is 19.8 Å². The molecular formula is C10H16BrNO2. The highest BCUT2D eigenvalue weighted by atomic mass is 79.9. The van der Waals surface area contributed by atoms with Crippen LogP contribution < -0.4 is 0 Å². The van der Waals surface area contributed by atoms with Crippen LogP contribution in [0.2, 0.25) is 0 Å². The zero-order valence-electron chi connectivity index (χ0n) is 8.42. The maximum Gasteiger partial charge on any atom is 0.310 e. The number of carboxylic acid groups (broad SMARTS) is 1. The first-order valence-electron chi connectivity index (χ1n) is 4.73. The molecule has 3 nitrogen and oxygen atoms in total. The number of halogens is 1. The van der Waals surface area contributed by atoms with Crippen molar-refractivity contribution < 1.29 is 9.90 Å². The van der Waals surface area contributed by atoms with E-state index in [1.165, 1.54) is 0 Å². The fourth-order valence-electron chi connectivity index (χ4n) is 1.90. The van der Waals surface area contributed by atoms with E-state index in [1.807, 2.05) is 6.92 Å². The first-order valence-corrected chi connectivity index (χ1v) is 5.52. The van der Waals surface area contributed by atoms with Gasteiger partial charge in [-0.2, -0.15) is 0 Å². The van der Waals surface area contributed by atoms with E-state index in [9.17, 15) is 4.79 Å². The maximum absolute atomic E-state index is 11.0. The van der Waals surface area contributed by atoms with Crippen molar-refractivity contribution in [1.29, 1.82) is 0 Å². The Morgan fingerprint density at radius 2 is 2.36 bits per heavy atom. The minimum atomic E-state index is -0.692. The molecule has 1 aliphatic heterocycles. The van der Waals surface area contributed by atoms with Gasteiger partial charge in [0.1, 0.15) is 0 Å². The number of carboxylic acids is 1. The van der Waals surface area contributed by atoms with Crippen LogP contribution >= 0.6 is 15.9 Å². The number of likely N-dealkylation sites (tertiary alicyclic amines) is 1. The van der Waals surface area contributed by atoms with Gasteiger partial charge in [-0.1, -0.05) is 22.5 Å². The lowest BCUT2D eigenvalue weighted by Gasteiger charge is -2.37. The first kappa shape index (κ1) is 11.7. The Morgan fingerprint density at radius 1 is 1.71 bits per heavy atom. The van der Waals surface area contributed by atoms with Crippen molar-refractivity contribution >= 4 is 21.9 Å². The highest BCUT2D eigenvalue weighted by Gasteiger charge is 2.37. The number of nitrogens with zero attached hydrogens (tertiary/aromatic N) is 1. The first-order chi connectivity index (χ1) is 6.44. The normalized spacial score (nSPS) is 28.7. The number of hydrogen-bond donors (Lipinski definition) is 1. The summed E-state index contributed by atoms with van der Waals surface area (Å²) in [7, 11) is 0. The van der Waals surface area contributed by atoms with Gasteiger partial charge >= 0.3 is 5.97 Å². The van der Waals surface area contributed by atoms with Gasteiger partial charge in [0, 0.05) is 17.6 Å². The molecule has 1 aliphatic rings. The van der Waals surface area contributed by atoms with Crippen molar-refractivity contribution in [2.45, 2.75) is 19.8 Å². The molecule has 0 radical (unpaired) electrons. The molecule has 0 aromatic heterocycles. The third kappa shape index (κ3) is 2.82. The van der Waals surface area contributed by atoms with Gasteiger partial charge in [0.2, 0.25) is 0 Å². The average molecular weight is 262 g/mol. The smallest absolute Gasteiger partial charge is 0.310 e. The topological polar surface area (TPSA) is 40.5 Å². The zero-order chi connectivity index (χ0) is 10.8. The van der Waals surface area contributed by atoms with Gasteiger partial charge in [0.05, 0.1) is 5.41 Å². The van der Waals surface area contributed by atoms with Crippen molar-refractivity contribution in [1.82, 2.24) is 4.90 Å². The monoisotopic (exact) mass is 261 g/mol. The second kappa shape index (κ2) is 4.45. The van der Waals surface area contributed by atoms with Crippen LogP contribution in [0, 0.1) is 5.41 Å². The van der Waals surface area contributed by atoms with E-state index in [0.29, 0.717) is 6.54 Å². The predicted molar refractivity (Wildman–Crippen MR) is 59.5 cm³/mol. The molecule has 1 heterocycles. The summed E-state index contributed by atoms with van der Waals surface area (Å²) in [4.78, 5) is 13.2. The van der Waals surface area contributed by atoms with Crippen LogP contribution in [-0.2, 0) is 4.79 Å². The molecule has 0 aromatic rings. The summed E-state index contributed by atoms with van der Waals surface area (Å²) in [5.41, 5.74) is -0.583. The molecule has 1 unspecified atom stereocenters. The summed E-state index contributed by atoms with van der Waals surface area (Å²) in [5.74, 6) is -0.692. The molecule has 1 fully saturated rings. The van der Waals surface area contributed by atoms with Crippen LogP contribution in [0.4, 0.5) is 0 Å². The van der Waals surface area contributed by atoms with E-state index >= 15 is 0 Å². The second-order valence-corrected chi connectivity index (χ2v) is 5.32. The van der Waals surface area contributed by atoms with E-state index in [4.69, 9.17) is 5.11 Å². The predicted octanol–water partition coefficient (Wildman–Crippen LogP) is 2.08. The van der Waals surface area contributed by atoms with Crippen molar-refractivity contribution in [3.8, 4) is 0 Å². The van der Waals surface area contributed by atoms with E-state index in [2.05, 4.69) is 27.4 Å². The fraction of sp³-hybridized carbons (Fsp3) is 0.700. The fourth-order valence-corrected chi connectivity index (χ4v) is 2.25. The average Bonchev–Trinajstić information content (AvgIpc) is 2.02. The molecule has 14 heavy (non-hydrogen) atoms. The van der Waals surface area contributed by atoms with Crippen LogP contribution in [0.15, 0.2) is 11.1 Å². The van der Waals surface area contributed by atoms with Gasteiger partial charge in [-0.05, 0) is 26.3 Å². The number of rotatable bonds is 3. The highest BCUT2D eigenvalue weighted by molar-refractivity contribution is 9.11. The third-order valence-corrected chi connectivity index (χ3v) is 2.94. The Kier molecular flexibility index (Phi) is 3.72. The Labute approximate surface area is 92.9 Å². The summed E-state index contributed by atoms with van der Waals surface area (Å²) in [5, 5.41) is 9.09. The molecule has 1 N–H and O–H groups in total. The summed E-state index contributed by atoms with van der Waals surface area (Å²) in [6.07, 6.45) is 1.72. The van der Waals surface area contributed by atoms with Gasteiger partial charge in [-0.25, -0.2) is 0 Å². The maximum atomic E-state index is 11.0. The van der Waals surface area contributed by atoms with Crippen LogP contribution in [0.25, 0.3) is 0 Å². The largest absolute Gasteiger partial charge is 0.481 e. The lowest BCUT2D eigenvalue weighted by atomic mass is 9.82. The Morgan fingerprint density at radius 3 is 2.86 bits per heavy atom. The second-order valence-electron chi connectivity index (χ2n) is 4.20. The summed E-state index contributed by atoms with van der Waals surface area (Å²) >= 11 is 3.30. The highest BCUT2D eigenvalue weighted by Crippen LogP contribution is 2.30. The Balaban J connectivity index is 2.59. The Hall–Kier alpha value is -0.350. The lowest BCUT2D eigenvalue weighted by molar-refractivity contribution is -0.151. The molecule has 0 spiro atoms. The summed E-state index contributed by atoms with van der Waals surface area (Å²) in [6.45, 7) is 7.91. The van der Waals surface area contributed by atoms with E-state index < -0.39 is 11.4 Å². The quantitative estimate of drug-likeness (QED) is 0.846. The Bertz CT molecular complexity index is 255. The van der Waals surface area contributed by atoms with Crippen molar-refractivity contribution in [3.63, 3.8) is 0 Å². The molecule has 1 atom stereocenters. The zero-order valence-corrected chi connectivity index (χ0v) is 10.0. The van der Waals surface area contributed by atoms with Crippen molar-refractivity contribution in [2.24, 2.45) is 5.41 Å². The van der Waals surface area contributed by atoms with Crippen LogP contribution in [0.3, 0.4) is 0 Å². The van der Waals surface area contributed by atoms with E-state index in [1.54, 1.807) is 0 Å². The van der Waals surface area contributed by atoms with Crippen molar-refractivity contribution in [3.05, 3.63) is 11.1 Å². The molecule has 0 aliphatic carbocycles. The number of carbonyl (C=O) groups is 1. The minimum absolute atomic E-state index is 0.583. The molecule has 0 bridgehead atoms. The van der Waals surface area contributed by atoms with Crippen LogP contribution in [-0.4, -0.2) is 35.6 Å². The number of aliphatic carboxylic acids is 1.